The van der Waals surface area contributed by atoms with Gasteiger partial charge in [-0.2, -0.15) is 13.2 Å². The number of nitro benzene ring substituents is 1. The Morgan fingerprint density at radius 2 is 1.71 bits per heavy atom. The molecular weight excluding hydrogens is 548 g/mol. The van der Waals surface area contributed by atoms with E-state index in [1.807, 2.05) is 12.1 Å². The average Bonchev–Trinajstić information content (AvgIpc) is 2.89. The molecule has 0 spiro atoms. The number of anilines is 2. The highest BCUT2D eigenvalue weighted by molar-refractivity contribution is 6.42. The third-order valence-electron chi connectivity index (χ3n) is 6.89. The molecule has 8 nitrogen and oxygen atoms in total. The molecule has 2 aromatic carbocycles. The molecule has 1 saturated carbocycles. The molecule has 13 heteroatoms. The molecule has 1 amide bonds. The molecule has 0 radical (unpaired) electrons. The van der Waals surface area contributed by atoms with Crippen molar-refractivity contribution in [3.8, 4) is 0 Å². The Hall–Kier alpha value is -2.76. The predicted octanol–water partition coefficient (Wildman–Crippen LogP) is 6.01. The van der Waals surface area contributed by atoms with Crippen LogP contribution in [0, 0.1) is 10.1 Å². The van der Waals surface area contributed by atoms with Crippen LogP contribution in [0.15, 0.2) is 36.4 Å². The van der Waals surface area contributed by atoms with Crippen LogP contribution in [-0.4, -0.2) is 60.7 Å². The number of piperazine rings is 1. The summed E-state index contributed by atoms with van der Waals surface area (Å²) in [5.41, 5.74) is -1.11. The van der Waals surface area contributed by atoms with Crippen LogP contribution in [0.1, 0.15) is 31.2 Å². The van der Waals surface area contributed by atoms with Gasteiger partial charge in [-0.25, -0.2) is 0 Å². The van der Waals surface area contributed by atoms with Gasteiger partial charge in [-0.15, -0.1) is 0 Å². The van der Waals surface area contributed by atoms with Crippen LogP contribution in [-0.2, 0) is 15.7 Å². The molecule has 1 aliphatic heterocycles. The number of halogens is 5. The van der Waals surface area contributed by atoms with E-state index in [2.05, 4.69) is 10.2 Å². The van der Waals surface area contributed by atoms with Gasteiger partial charge < -0.3 is 19.9 Å². The Balaban J connectivity index is 1.20. The first kappa shape index (κ1) is 28.3. The summed E-state index contributed by atoms with van der Waals surface area (Å²) >= 11 is 12.1. The van der Waals surface area contributed by atoms with Crippen molar-refractivity contribution in [2.45, 2.75) is 44.0 Å². The van der Waals surface area contributed by atoms with Gasteiger partial charge in [-0.1, -0.05) is 23.2 Å². The van der Waals surface area contributed by atoms with Gasteiger partial charge >= 0.3 is 6.18 Å². The van der Waals surface area contributed by atoms with E-state index in [0.717, 1.165) is 17.8 Å². The van der Waals surface area contributed by atoms with E-state index in [0.29, 0.717) is 61.9 Å². The summed E-state index contributed by atoms with van der Waals surface area (Å²) in [7, 11) is 0. The van der Waals surface area contributed by atoms with Crippen molar-refractivity contribution < 1.29 is 27.6 Å². The number of amides is 1. The fourth-order valence-corrected chi connectivity index (χ4v) is 5.09. The monoisotopic (exact) mass is 574 g/mol. The minimum atomic E-state index is -4.83. The first-order valence-electron chi connectivity index (χ1n) is 12.2. The number of ether oxygens (including phenoxy) is 1. The number of carbonyl (C=O) groups excluding carboxylic acids is 1. The van der Waals surface area contributed by atoms with Gasteiger partial charge in [0.25, 0.3) is 5.69 Å². The number of nitro groups is 1. The summed E-state index contributed by atoms with van der Waals surface area (Å²) in [4.78, 5) is 26.5. The second-order valence-corrected chi connectivity index (χ2v) is 10.2. The maximum atomic E-state index is 13.2. The predicted molar refractivity (Wildman–Crippen MR) is 139 cm³/mol. The lowest BCUT2D eigenvalue weighted by Gasteiger charge is -2.36. The van der Waals surface area contributed by atoms with Crippen molar-refractivity contribution in [1.29, 1.82) is 0 Å². The van der Waals surface area contributed by atoms with Crippen LogP contribution >= 0.6 is 23.2 Å². The Morgan fingerprint density at radius 3 is 2.32 bits per heavy atom. The first-order valence-corrected chi connectivity index (χ1v) is 13.0. The molecule has 1 heterocycles. The van der Waals surface area contributed by atoms with E-state index < -0.39 is 22.4 Å². The van der Waals surface area contributed by atoms with E-state index >= 15 is 0 Å². The van der Waals surface area contributed by atoms with Gasteiger partial charge in [0.05, 0.1) is 21.1 Å². The number of nitrogens with one attached hydrogen (secondary N) is 1. The number of benzene rings is 2. The number of rotatable bonds is 7. The second kappa shape index (κ2) is 12.0. The maximum Gasteiger partial charge on any atom is 0.423 e. The van der Waals surface area contributed by atoms with Gasteiger partial charge in [-0.3, -0.25) is 14.9 Å². The highest BCUT2D eigenvalue weighted by atomic mass is 35.5. The quantitative estimate of drug-likeness (QED) is 0.322. The molecular formula is C25H27Cl2F3N4O4. The summed E-state index contributed by atoms with van der Waals surface area (Å²) in [5.74, 6) is -0.0791. The van der Waals surface area contributed by atoms with E-state index in [1.165, 1.54) is 6.07 Å². The lowest BCUT2D eigenvalue weighted by atomic mass is 9.92. The largest absolute Gasteiger partial charge is 0.423 e. The van der Waals surface area contributed by atoms with Crippen LogP contribution in [0.3, 0.4) is 0 Å². The standard InChI is InChI=1S/C25H27Cl2F3N4O4/c26-21-7-4-18(14-22(21)27)32-9-11-33(12-10-32)24(35)15-38-19-5-1-16(2-6-19)31-17-3-8-23(34(36)37)20(13-17)25(28,29)30/h3-4,7-8,13-14,16,19,31H,1-2,5-6,9-12,15H2/t16-,19-. The lowest BCUT2D eigenvalue weighted by Crippen LogP contribution is -2.50. The second-order valence-electron chi connectivity index (χ2n) is 9.38. The van der Waals surface area contributed by atoms with Gasteiger partial charge in [0, 0.05) is 49.7 Å². The van der Waals surface area contributed by atoms with Crippen molar-refractivity contribution in [3.63, 3.8) is 0 Å². The summed E-state index contributed by atoms with van der Waals surface area (Å²) in [5, 5.41) is 15.0. The molecule has 0 aromatic heterocycles. The zero-order valence-corrected chi connectivity index (χ0v) is 21.9. The highest BCUT2D eigenvalue weighted by Crippen LogP contribution is 2.38. The van der Waals surface area contributed by atoms with Crippen molar-refractivity contribution in [2.75, 3.05) is 43.0 Å². The smallest absolute Gasteiger partial charge is 0.382 e. The molecule has 0 unspecified atom stereocenters. The summed E-state index contributed by atoms with van der Waals surface area (Å²) < 4.78 is 45.6. The van der Waals surface area contributed by atoms with Crippen molar-refractivity contribution in [2.24, 2.45) is 0 Å². The Morgan fingerprint density at radius 1 is 1.03 bits per heavy atom. The summed E-state index contributed by atoms with van der Waals surface area (Å²) in [6.07, 6.45) is -2.37. The van der Waals surface area contributed by atoms with E-state index in [1.54, 1.807) is 11.0 Å². The number of carbonyl (C=O) groups is 1. The number of hydrogen-bond donors (Lipinski definition) is 1. The lowest BCUT2D eigenvalue weighted by molar-refractivity contribution is -0.388. The summed E-state index contributed by atoms with van der Waals surface area (Å²) in [6.45, 7) is 2.44. The molecule has 0 atom stereocenters. The zero-order valence-electron chi connectivity index (χ0n) is 20.3. The van der Waals surface area contributed by atoms with Gasteiger partial charge in [0.1, 0.15) is 12.2 Å². The summed E-state index contributed by atoms with van der Waals surface area (Å²) in [6, 6.07) is 8.30. The van der Waals surface area contributed by atoms with Crippen LogP contribution in [0.25, 0.3) is 0 Å². The normalized spacial score (nSPS) is 20.3. The topological polar surface area (TPSA) is 87.9 Å². The molecule has 0 bridgehead atoms. The Kier molecular flexibility index (Phi) is 8.89. The van der Waals surface area contributed by atoms with Gasteiger partial charge in [0.2, 0.25) is 5.91 Å². The molecule has 206 valence electrons. The molecule has 2 aliphatic rings. The molecule has 2 fully saturated rings. The van der Waals surface area contributed by atoms with E-state index in [4.69, 9.17) is 27.9 Å². The Labute approximate surface area is 227 Å². The van der Waals surface area contributed by atoms with Gasteiger partial charge in [-0.05, 0) is 56.0 Å². The molecule has 1 aliphatic carbocycles. The molecule has 1 saturated heterocycles. The van der Waals surface area contributed by atoms with Crippen LogP contribution < -0.4 is 10.2 Å². The Bertz CT molecular complexity index is 1170. The minimum Gasteiger partial charge on any atom is -0.382 e. The fraction of sp³-hybridized carbons (Fsp3) is 0.480. The van der Waals surface area contributed by atoms with Crippen molar-refractivity contribution >= 4 is 46.2 Å². The van der Waals surface area contributed by atoms with Crippen LogP contribution in [0.5, 0.6) is 0 Å². The van der Waals surface area contributed by atoms with Crippen LogP contribution in [0.2, 0.25) is 10.0 Å². The molecule has 1 N–H and O–H groups in total. The minimum absolute atomic E-state index is 0.0210. The number of nitrogens with zero attached hydrogens (tertiary/aromatic N) is 3. The van der Waals surface area contributed by atoms with Crippen LogP contribution in [0.4, 0.5) is 30.2 Å². The maximum absolute atomic E-state index is 13.2. The van der Waals surface area contributed by atoms with Crippen molar-refractivity contribution in [1.82, 2.24) is 4.90 Å². The molecule has 38 heavy (non-hydrogen) atoms. The number of hydrogen-bond acceptors (Lipinski definition) is 6. The highest BCUT2D eigenvalue weighted by Gasteiger charge is 2.38. The number of alkyl halides is 3. The SMILES string of the molecule is O=C(CO[C@H]1CC[C@H](Nc2ccc([N+](=O)[O-])c(C(F)(F)F)c2)CC1)N1CCN(c2ccc(Cl)c(Cl)c2)CC1. The molecule has 2 aromatic rings. The van der Waals surface area contributed by atoms with Crippen molar-refractivity contribution in [3.05, 3.63) is 62.1 Å². The third-order valence-corrected chi connectivity index (χ3v) is 7.63. The zero-order chi connectivity index (χ0) is 27.4. The first-order chi connectivity index (χ1) is 18.0. The van der Waals surface area contributed by atoms with Gasteiger partial charge in [0.15, 0.2) is 0 Å². The molecule has 4 rings (SSSR count). The van der Waals surface area contributed by atoms with E-state index in [9.17, 15) is 28.1 Å². The third kappa shape index (κ3) is 7.00. The fourth-order valence-electron chi connectivity index (χ4n) is 4.80. The average molecular weight is 575 g/mol. The van der Waals surface area contributed by atoms with E-state index in [-0.39, 0.29) is 30.3 Å².